The molecule has 2 aromatic rings. The van der Waals surface area contributed by atoms with Crippen molar-refractivity contribution in [2.24, 2.45) is 12.5 Å². The largest absolute Gasteiger partial charge is 0.380 e. The van der Waals surface area contributed by atoms with E-state index in [-0.39, 0.29) is 16.7 Å². The Bertz CT molecular complexity index is 1220. The number of aromatic nitrogens is 1. The number of sulfonamides is 1. The van der Waals surface area contributed by atoms with Gasteiger partial charge in [0.05, 0.1) is 24.4 Å². The third-order valence-electron chi connectivity index (χ3n) is 6.27. The van der Waals surface area contributed by atoms with Gasteiger partial charge in [-0.2, -0.15) is 0 Å². The zero-order valence-electron chi connectivity index (χ0n) is 17.1. The van der Waals surface area contributed by atoms with Crippen molar-refractivity contribution in [2.45, 2.75) is 13.3 Å². The molecule has 0 bridgehead atoms. The minimum atomic E-state index is -3.39. The van der Waals surface area contributed by atoms with Crippen LogP contribution in [0.3, 0.4) is 0 Å². The Kier molecular flexibility index (Phi) is 4.34. The Hall–Kier alpha value is -2.58. The van der Waals surface area contributed by atoms with Crippen molar-refractivity contribution >= 4 is 27.5 Å². The fourth-order valence-electron chi connectivity index (χ4n) is 4.56. The van der Waals surface area contributed by atoms with Gasteiger partial charge in [-0.3, -0.25) is 9.52 Å². The highest BCUT2D eigenvalue weighted by Crippen LogP contribution is 2.45. The molecule has 2 fully saturated rings. The molecule has 0 saturated carbocycles. The Morgan fingerprint density at radius 2 is 1.97 bits per heavy atom. The number of hydrogen-bond acceptors (Lipinski definition) is 5. The number of benzene rings is 1. The van der Waals surface area contributed by atoms with Crippen molar-refractivity contribution in [3.05, 3.63) is 52.0 Å². The lowest BCUT2D eigenvalue weighted by Crippen LogP contribution is -2.66. The molecule has 5 rings (SSSR count). The first-order chi connectivity index (χ1) is 14.3. The number of anilines is 2. The van der Waals surface area contributed by atoms with Crippen LogP contribution < -0.4 is 15.2 Å². The zero-order valence-corrected chi connectivity index (χ0v) is 18.0. The molecule has 0 radical (unpaired) electrons. The summed E-state index contributed by atoms with van der Waals surface area (Å²) in [5.74, 6) is 0.0106. The molecule has 0 unspecified atom stereocenters. The Morgan fingerprint density at radius 3 is 2.63 bits per heavy atom. The number of aryl methyl sites for hydroxylation is 1. The van der Waals surface area contributed by atoms with Gasteiger partial charge in [-0.05, 0) is 37.1 Å². The van der Waals surface area contributed by atoms with Crippen LogP contribution in [0.4, 0.5) is 11.4 Å². The van der Waals surface area contributed by atoms with E-state index in [0.717, 1.165) is 54.2 Å². The lowest BCUT2D eigenvalue weighted by molar-refractivity contribution is -0.127. The maximum Gasteiger partial charge on any atom is 0.254 e. The smallest absolute Gasteiger partial charge is 0.254 e. The van der Waals surface area contributed by atoms with E-state index in [2.05, 4.69) is 9.62 Å². The number of ether oxygens (including phenoxy) is 1. The average Bonchev–Trinajstić information content (AvgIpc) is 3.13. The molecule has 7 nitrogen and oxygen atoms in total. The van der Waals surface area contributed by atoms with E-state index >= 15 is 0 Å². The molecule has 8 heteroatoms. The quantitative estimate of drug-likeness (QED) is 0.792. The third kappa shape index (κ3) is 3.06. The van der Waals surface area contributed by atoms with Crippen molar-refractivity contribution in [3.63, 3.8) is 0 Å². The van der Waals surface area contributed by atoms with Crippen molar-refractivity contribution in [1.29, 1.82) is 0 Å². The second kappa shape index (κ2) is 6.72. The number of fused-ring (bicyclic) bond motifs is 1. The van der Waals surface area contributed by atoms with E-state index in [0.29, 0.717) is 12.1 Å². The van der Waals surface area contributed by atoms with Gasteiger partial charge in [0.1, 0.15) is 0 Å². The van der Waals surface area contributed by atoms with Crippen molar-refractivity contribution < 1.29 is 13.2 Å². The fourth-order valence-corrected chi connectivity index (χ4v) is 5.19. The summed E-state index contributed by atoms with van der Waals surface area (Å²) < 4.78 is 33.9. The fraction of sp³-hybridized carbons (Fsp3) is 0.409. The Labute approximate surface area is 176 Å². The molecule has 2 saturated heterocycles. The predicted molar refractivity (Wildman–Crippen MR) is 118 cm³/mol. The molecule has 30 heavy (non-hydrogen) atoms. The molecule has 1 spiro atoms. The number of nitrogens with one attached hydrogen (secondary N) is 1. The van der Waals surface area contributed by atoms with Crippen molar-refractivity contribution in [3.8, 4) is 11.1 Å². The second-order valence-electron chi connectivity index (χ2n) is 8.54. The molecule has 1 N–H and O–H groups in total. The lowest BCUT2D eigenvalue weighted by atomic mass is 9.77. The molecule has 1 aromatic carbocycles. The Balaban J connectivity index is 1.63. The standard InChI is InChI=1S/C22H25N3O4S/c1-3-30(27,28)23-15-7-8-20(25-11-22(12-25)13-29-14-22)18(9-15)19-10-24(2)21(26)17-6-4-5-16(17)19/h4-5,7-10,23H,3,6,11-14H2,1-2H3. The normalized spacial score (nSPS) is 18.8. The van der Waals surface area contributed by atoms with Crippen LogP contribution in [0.25, 0.3) is 17.2 Å². The number of hydrogen-bond donors (Lipinski definition) is 1. The summed E-state index contributed by atoms with van der Waals surface area (Å²) in [6, 6.07) is 5.68. The maximum atomic E-state index is 12.6. The first-order valence-corrected chi connectivity index (χ1v) is 11.8. The van der Waals surface area contributed by atoms with Gasteiger partial charge in [0.15, 0.2) is 0 Å². The highest BCUT2D eigenvalue weighted by Gasteiger charge is 2.49. The van der Waals surface area contributed by atoms with Gasteiger partial charge in [0, 0.05) is 54.4 Å². The van der Waals surface area contributed by atoms with Crippen LogP contribution in [0.15, 0.2) is 35.3 Å². The summed E-state index contributed by atoms with van der Waals surface area (Å²) >= 11 is 0. The average molecular weight is 428 g/mol. The summed E-state index contributed by atoms with van der Waals surface area (Å²) in [6.07, 6.45) is 6.48. The van der Waals surface area contributed by atoms with Gasteiger partial charge in [-0.1, -0.05) is 12.2 Å². The van der Waals surface area contributed by atoms with Gasteiger partial charge in [0.25, 0.3) is 5.56 Å². The molecule has 1 aliphatic carbocycles. The van der Waals surface area contributed by atoms with Crippen molar-refractivity contribution in [2.75, 3.05) is 41.7 Å². The topological polar surface area (TPSA) is 80.6 Å². The maximum absolute atomic E-state index is 12.6. The molecule has 158 valence electrons. The monoisotopic (exact) mass is 427 g/mol. The first-order valence-electron chi connectivity index (χ1n) is 10.2. The van der Waals surface area contributed by atoms with Gasteiger partial charge < -0.3 is 14.2 Å². The molecular weight excluding hydrogens is 402 g/mol. The molecular formula is C22H25N3O4S. The summed E-state index contributed by atoms with van der Waals surface area (Å²) in [5.41, 5.74) is 5.43. The number of rotatable bonds is 5. The number of pyridine rings is 1. The number of allylic oxidation sites excluding steroid dienone is 1. The van der Waals surface area contributed by atoms with E-state index in [1.807, 2.05) is 36.5 Å². The van der Waals surface area contributed by atoms with E-state index in [1.165, 1.54) is 0 Å². The highest BCUT2D eigenvalue weighted by molar-refractivity contribution is 7.92. The summed E-state index contributed by atoms with van der Waals surface area (Å²) in [4.78, 5) is 14.9. The van der Waals surface area contributed by atoms with Crippen LogP contribution in [-0.4, -0.2) is 45.0 Å². The van der Waals surface area contributed by atoms with Crippen LogP contribution in [0.1, 0.15) is 18.1 Å². The number of nitrogens with zero attached hydrogens (tertiary/aromatic N) is 2. The van der Waals surface area contributed by atoms with Crippen LogP contribution in [-0.2, 0) is 28.2 Å². The van der Waals surface area contributed by atoms with Crippen LogP contribution in [0, 0.1) is 5.41 Å². The molecule has 0 amide bonds. The zero-order chi connectivity index (χ0) is 21.1. The SMILES string of the molecule is CCS(=O)(=O)Nc1ccc(N2CC3(COC3)C2)c(-c2cn(C)c(=O)c3c2C=CC3)c1. The van der Waals surface area contributed by atoms with Crippen LogP contribution >= 0.6 is 0 Å². The molecule has 3 aliphatic rings. The molecule has 2 aliphatic heterocycles. The highest BCUT2D eigenvalue weighted by atomic mass is 32.2. The third-order valence-corrected chi connectivity index (χ3v) is 7.58. The van der Waals surface area contributed by atoms with E-state index < -0.39 is 10.0 Å². The van der Waals surface area contributed by atoms with Gasteiger partial charge in [0.2, 0.25) is 10.0 Å². The first kappa shape index (κ1) is 19.4. The van der Waals surface area contributed by atoms with Gasteiger partial charge in [-0.25, -0.2) is 8.42 Å². The van der Waals surface area contributed by atoms with Crippen LogP contribution in [0.5, 0.6) is 0 Å². The van der Waals surface area contributed by atoms with E-state index in [4.69, 9.17) is 4.74 Å². The summed E-state index contributed by atoms with van der Waals surface area (Å²) in [5, 5.41) is 0. The van der Waals surface area contributed by atoms with E-state index in [1.54, 1.807) is 18.5 Å². The molecule has 1 aromatic heterocycles. The summed E-state index contributed by atoms with van der Waals surface area (Å²) in [7, 11) is -1.62. The Morgan fingerprint density at radius 1 is 1.20 bits per heavy atom. The molecule has 0 atom stereocenters. The van der Waals surface area contributed by atoms with Gasteiger partial charge in [-0.15, -0.1) is 0 Å². The minimum Gasteiger partial charge on any atom is -0.380 e. The lowest BCUT2D eigenvalue weighted by Gasteiger charge is -2.56. The van der Waals surface area contributed by atoms with Gasteiger partial charge >= 0.3 is 0 Å². The summed E-state index contributed by atoms with van der Waals surface area (Å²) in [6.45, 7) is 5.05. The second-order valence-corrected chi connectivity index (χ2v) is 10.6. The minimum absolute atomic E-state index is 0.0106. The van der Waals surface area contributed by atoms with E-state index in [9.17, 15) is 13.2 Å². The predicted octanol–water partition coefficient (Wildman–Crippen LogP) is 2.22. The molecule has 3 heterocycles. The van der Waals surface area contributed by atoms with Crippen LogP contribution in [0.2, 0.25) is 0 Å². The van der Waals surface area contributed by atoms with Crippen molar-refractivity contribution in [1.82, 2.24) is 4.57 Å².